The van der Waals surface area contributed by atoms with Crippen LogP contribution < -0.4 is 10.1 Å². The number of imidazole rings is 1. The van der Waals surface area contributed by atoms with Gasteiger partial charge in [-0.2, -0.15) is 0 Å². The van der Waals surface area contributed by atoms with Crippen LogP contribution in [0.25, 0.3) is 11.0 Å². The minimum Gasteiger partial charge on any atom is -0.492 e. The lowest BCUT2D eigenvalue weighted by atomic mass is 10.2. The lowest BCUT2D eigenvalue weighted by Gasteiger charge is -2.11. The largest absolute Gasteiger partial charge is 0.492 e. The van der Waals surface area contributed by atoms with Crippen molar-refractivity contribution in [3.05, 3.63) is 94.2 Å². The molecular formula is C25H23Cl2N3O2. The minimum atomic E-state index is -0.166. The molecule has 0 bridgehead atoms. The number of hydrogen-bond acceptors (Lipinski definition) is 3. The van der Waals surface area contributed by atoms with E-state index in [1.54, 1.807) is 24.3 Å². The fraction of sp³-hybridized carbons (Fsp3) is 0.200. The van der Waals surface area contributed by atoms with Gasteiger partial charge in [0.1, 0.15) is 18.2 Å². The van der Waals surface area contributed by atoms with Gasteiger partial charge in [-0.15, -0.1) is 0 Å². The highest BCUT2D eigenvalue weighted by atomic mass is 35.5. The normalized spacial score (nSPS) is 10.9. The highest BCUT2D eigenvalue weighted by molar-refractivity contribution is 6.33. The molecule has 3 aromatic carbocycles. The average Bonchev–Trinajstić information content (AvgIpc) is 3.15. The van der Waals surface area contributed by atoms with E-state index in [-0.39, 0.29) is 5.91 Å². The van der Waals surface area contributed by atoms with Crippen molar-refractivity contribution >= 4 is 40.1 Å². The van der Waals surface area contributed by atoms with Crippen molar-refractivity contribution in [1.29, 1.82) is 0 Å². The Kier molecular flexibility index (Phi) is 7.30. The number of benzene rings is 3. The van der Waals surface area contributed by atoms with Gasteiger partial charge in [-0.25, -0.2) is 4.98 Å². The Labute approximate surface area is 196 Å². The van der Waals surface area contributed by atoms with Gasteiger partial charge in [0, 0.05) is 18.0 Å². The zero-order chi connectivity index (χ0) is 22.3. The summed E-state index contributed by atoms with van der Waals surface area (Å²) in [5.41, 5.74) is 2.51. The number of nitrogens with zero attached hydrogens (tertiary/aromatic N) is 2. The number of halogens is 2. The number of fused-ring (bicyclic) bond motifs is 1. The molecule has 0 fully saturated rings. The van der Waals surface area contributed by atoms with Crippen LogP contribution in [0.4, 0.5) is 0 Å². The quantitative estimate of drug-likeness (QED) is 0.317. The molecule has 4 rings (SSSR count). The molecule has 32 heavy (non-hydrogen) atoms. The molecule has 0 aliphatic rings. The Hall–Kier alpha value is -3.02. The first-order valence-corrected chi connectivity index (χ1v) is 11.2. The molecule has 1 aromatic heterocycles. The van der Waals surface area contributed by atoms with Crippen LogP contribution in [0.1, 0.15) is 22.6 Å². The second-order valence-electron chi connectivity index (χ2n) is 7.31. The summed E-state index contributed by atoms with van der Waals surface area (Å²) in [5.74, 6) is 1.58. The number of amides is 1. The van der Waals surface area contributed by atoms with Crippen molar-refractivity contribution in [3.8, 4) is 5.75 Å². The van der Waals surface area contributed by atoms with Crippen LogP contribution in [0, 0.1) is 0 Å². The summed E-state index contributed by atoms with van der Waals surface area (Å²) >= 11 is 12.0. The van der Waals surface area contributed by atoms with Gasteiger partial charge >= 0.3 is 0 Å². The fourth-order valence-corrected chi connectivity index (χ4v) is 3.89. The van der Waals surface area contributed by atoms with Crippen LogP contribution in [-0.2, 0) is 13.0 Å². The lowest BCUT2D eigenvalue weighted by Crippen LogP contribution is -2.25. The van der Waals surface area contributed by atoms with Crippen LogP contribution in [0.3, 0.4) is 0 Å². The lowest BCUT2D eigenvalue weighted by molar-refractivity contribution is 0.0953. The smallest absolute Gasteiger partial charge is 0.252 e. The van der Waals surface area contributed by atoms with Gasteiger partial charge in [-0.05, 0) is 55.0 Å². The standard InChI is InChI=1S/C25H23Cl2N3O2/c26-18-11-13-19(14-12-18)32-17-16-30-23-9-4-3-8-22(23)29-24(30)10-5-15-28-25(31)20-6-1-2-7-21(20)27/h1-4,6-9,11-14H,5,10,15-17H2,(H,28,31). The molecule has 1 N–H and O–H groups in total. The Morgan fingerprint density at radius 2 is 1.72 bits per heavy atom. The van der Waals surface area contributed by atoms with Gasteiger partial charge in [-0.1, -0.05) is 47.5 Å². The average molecular weight is 468 g/mol. The molecule has 4 aromatic rings. The zero-order valence-electron chi connectivity index (χ0n) is 17.4. The van der Waals surface area contributed by atoms with Crippen molar-refractivity contribution in [1.82, 2.24) is 14.9 Å². The van der Waals surface area contributed by atoms with E-state index in [0.29, 0.717) is 35.3 Å². The maximum Gasteiger partial charge on any atom is 0.252 e. The predicted octanol–water partition coefficient (Wildman–Crippen LogP) is 5.78. The zero-order valence-corrected chi connectivity index (χ0v) is 18.9. The first-order valence-electron chi connectivity index (χ1n) is 10.5. The Bertz CT molecular complexity index is 1210. The first-order chi connectivity index (χ1) is 15.6. The van der Waals surface area contributed by atoms with Crippen LogP contribution in [-0.4, -0.2) is 28.6 Å². The summed E-state index contributed by atoms with van der Waals surface area (Å²) in [5, 5.41) is 4.07. The van der Waals surface area contributed by atoms with Crippen molar-refractivity contribution < 1.29 is 9.53 Å². The van der Waals surface area contributed by atoms with Gasteiger partial charge in [-0.3, -0.25) is 4.79 Å². The molecule has 0 saturated carbocycles. The molecule has 0 atom stereocenters. The summed E-state index contributed by atoms with van der Waals surface area (Å²) in [6.45, 7) is 1.72. The Morgan fingerprint density at radius 1 is 0.969 bits per heavy atom. The molecule has 1 amide bonds. The molecule has 7 heteroatoms. The van der Waals surface area contributed by atoms with Crippen molar-refractivity contribution in [2.45, 2.75) is 19.4 Å². The molecule has 164 valence electrons. The number of hydrogen-bond donors (Lipinski definition) is 1. The van der Waals surface area contributed by atoms with Crippen LogP contribution in [0.15, 0.2) is 72.8 Å². The van der Waals surface area contributed by atoms with Crippen LogP contribution in [0.5, 0.6) is 5.75 Å². The molecule has 0 spiro atoms. The second-order valence-corrected chi connectivity index (χ2v) is 8.15. The second kappa shape index (κ2) is 10.5. The molecule has 5 nitrogen and oxygen atoms in total. The highest BCUT2D eigenvalue weighted by Gasteiger charge is 2.12. The third-order valence-electron chi connectivity index (χ3n) is 5.11. The molecular weight excluding hydrogens is 445 g/mol. The number of carbonyl (C=O) groups excluding carboxylic acids is 1. The minimum absolute atomic E-state index is 0.166. The van der Waals surface area contributed by atoms with E-state index >= 15 is 0 Å². The monoisotopic (exact) mass is 467 g/mol. The van der Waals surface area contributed by atoms with E-state index in [0.717, 1.165) is 35.4 Å². The van der Waals surface area contributed by atoms with E-state index in [9.17, 15) is 4.79 Å². The predicted molar refractivity (Wildman–Crippen MR) is 129 cm³/mol. The number of rotatable bonds is 9. The number of para-hydroxylation sites is 2. The topological polar surface area (TPSA) is 56.2 Å². The fourth-order valence-electron chi connectivity index (χ4n) is 3.54. The number of nitrogens with one attached hydrogen (secondary N) is 1. The van der Waals surface area contributed by atoms with E-state index in [4.69, 9.17) is 32.9 Å². The van der Waals surface area contributed by atoms with Crippen molar-refractivity contribution in [2.24, 2.45) is 0 Å². The summed E-state index contributed by atoms with van der Waals surface area (Å²) in [7, 11) is 0. The van der Waals surface area contributed by atoms with Gasteiger partial charge in [0.2, 0.25) is 0 Å². The number of aryl methyl sites for hydroxylation is 1. The van der Waals surface area contributed by atoms with Crippen LogP contribution >= 0.6 is 23.2 Å². The third-order valence-corrected chi connectivity index (χ3v) is 5.69. The van der Waals surface area contributed by atoms with Gasteiger partial charge in [0.25, 0.3) is 5.91 Å². The van der Waals surface area contributed by atoms with Gasteiger partial charge < -0.3 is 14.6 Å². The number of ether oxygens (including phenoxy) is 1. The molecule has 0 unspecified atom stereocenters. The molecule has 0 aliphatic carbocycles. The van der Waals surface area contributed by atoms with E-state index in [2.05, 4.69) is 16.0 Å². The summed E-state index contributed by atoms with van der Waals surface area (Å²) < 4.78 is 8.06. The first kappa shape index (κ1) is 22.2. The highest BCUT2D eigenvalue weighted by Crippen LogP contribution is 2.19. The third kappa shape index (κ3) is 5.42. The SMILES string of the molecule is O=C(NCCCc1nc2ccccc2n1CCOc1ccc(Cl)cc1)c1ccccc1Cl. The summed E-state index contributed by atoms with van der Waals surface area (Å²) in [6, 6.07) is 22.4. The van der Waals surface area contributed by atoms with E-state index < -0.39 is 0 Å². The number of carbonyl (C=O) groups is 1. The maximum atomic E-state index is 12.3. The number of aromatic nitrogens is 2. The summed E-state index contributed by atoms with van der Waals surface area (Å²) in [6.07, 6.45) is 1.50. The Balaban J connectivity index is 1.37. The van der Waals surface area contributed by atoms with Gasteiger partial charge in [0.05, 0.1) is 28.2 Å². The van der Waals surface area contributed by atoms with Crippen molar-refractivity contribution in [2.75, 3.05) is 13.2 Å². The molecule has 0 aliphatic heterocycles. The summed E-state index contributed by atoms with van der Waals surface area (Å²) in [4.78, 5) is 17.1. The van der Waals surface area contributed by atoms with Crippen LogP contribution in [0.2, 0.25) is 10.0 Å². The molecule has 0 saturated heterocycles. The Morgan fingerprint density at radius 3 is 2.53 bits per heavy atom. The molecule has 1 heterocycles. The van der Waals surface area contributed by atoms with Gasteiger partial charge in [0.15, 0.2) is 0 Å². The maximum absolute atomic E-state index is 12.3. The van der Waals surface area contributed by atoms with Crippen molar-refractivity contribution in [3.63, 3.8) is 0 Å². The molecule has 0 radical (unpaired) electrons. The van der Waals surface area contributed by atoms with E-state index in [1.165, 1.54) is 0 Å². The van der Waals surface area contributed by atoms with E-state index in [1.807, 2.05) is 42.5 Å².